The molecule has 0 fully saturated rings. The summed E-state index contributed by atoms with van der Waals surface area (Å²) in [6, 6.07) is 7.12. The molecule has 3 nitrogen and oxygen atoms in total. The van der Waals surface area contributed by atoms with E-state index in [1.165, 1.54) is 0 Å². The molecule has 1 amide bonds. The molecular formula is C12H13NO2. The summed E-state index contributed by atoms with van der Waals surface area (Å²) in [5, 5.41) is 2.56. The molecule has 0 atom stereocenters. The lowest BCUT2D eigenvalue weighted by atomic mass is 10.1. The zero-order valence-electron chi connectivity index (χ0n) is 8.83. The van der Waals surface area contributed by atoms with Crippen LogP contribution in [0.5, 0.6) is 0 Å². The second-order valence-electron chi connectivity index (χ2n) is 2.89. The molecule has 0 unspecified atom stereocenters. The van der Waals surface area contributed by atoms with Crippen LogP contribution >= 0.6 is 0 Å². The number of nitrogens with one attached hydrogen (secondary N) is 1. The fourth-order valence-corrected chi connectivity index (χ4v) is 1.06. The smallest absolute Gasteiger partial charge is 0.251 e. The topological polar surface area (TPSA) is 38.3 Å². The second-order valence-corrected chi connectivity index (χ2v) is 2.89. The average Bonchev–Trinajstić information content (AvgIpc) is 2.29. The van der Waals surface area contributed by atoms with Crippen LogP contribution in [0.3, 0.4) is 0 Å². The first-order valence-corrected chi connectivity index (χ1v) is 4.58. The van der Waals surface area contributed by atoms with Crippen molar-refractivity contribution < 1.29 is 9.53 Å². The van der Waals surface area contributed by atoms with Crippen LogP contribution in [0.25, 0.3) is 0 Å². The summed E-state index contributed by atoms with van der Waals surface area (Å²) in [5.74, 6) is 5.67. The SMILES string of the molecule is CNC(=O)c1ccc(C#CCOC)cc1. The molecule has 1 aromatic rings. The quantitative estimate of drug-likeness (QED) is 0.729. The van der Waals surface area contributed by atoms with Gasteiger partial charge in [0.05, 0.1) is 0 Å². The number of hydrogen-bond donors (Lipinski definition) is 1. The summed E-state index contributed by atoms with van der Waals surface area (Å²) < 4.78 is 4.81. The fraction of sp³-hybridized carbons (Fsp3) is 0.250. The Balaban J connectivity index is 2.73. The van der Waals surface area contributed by atoms with E-state index >= 15 is 0 Å². The van der Waals surface area contributed by atoms with Crippen molar-refractivity contribution in [1.29, 1.82) is 0 Å². The van der Waals surface area contributed by atoms with Gasteiger partial charge in [0.25, 0.3) is 5.91 Å². The Morgan fingerprint density at radius 3 is 2.60 bits per heavy atom. The van der Waals surface area contributed by atoms with E-state index < -0.39 is 0 Å². The predicted octanol–water partition coefficient (Wildman–Crippen LogP) is 1.04. The van der Waals surface area contributed by atoms with Crippen LogP contribution in [-0.4, -0.2) is 26.7 Å². The van der Waals surface area contributed by atoms with Gasteiger partial charge in [-0.25, -0.2) is 0 Å². The zero-order valence-corrected chi connectivity index (χ0v) is 8.83. The minimum Gasteiger partial charge on any atom is -0.372 e. The lowest BCUT2D eigenvalue weighted by Crippen LogP contribution is -2.17. The number of carbonyl (C=O) groups excluding carboxylic acids is 1. The standard InChI is InChI=1S/C12H13NO2/c1-13-12(14)11-7-5-10(6-8-11)4-3-9-15-2/h5-8H,9H2,1-2H3,(H,13,14). The molecule has 0 saturated carbocycles. The Kier molecular flexibility index (Phi) is 4.39. The molecule has 15 heavy (non-hydrogen) atoms. The van der Waals surface area contributed by atoms with Crippen LogP contribution in [-0.2, 0) is 4.74 Å². The summed E-state index contributed by atoms with van der Waals surface area (Å²) in [7, 11) is 3.21. The lowest BCUT2D eigenvalue weighted by molar-refractivity contribution is 0.0963. The average molecular weight is 203 g/mol. The maximum atomic E-state index is 11.2. The summed E-state index contributed by atoms with van der Waals surface area (Å²) in [4.78, 5) is 11.2. The minimum absolute atomic E-state index is 0.0913. The number of hydrogen-bond acceptors (Lipinski definition) is 2. The monoisotopic (exact) mass is 203 g/mol. The summed E-state index contributed by atoms with van der Waals surface area (Å²) in [6.45, 7) is 0.414. The maximum Gasteiger partial charge on any atom is 0.251 e. The van der Waals surface area contributed by atoms with Gasteiger partial charge < -0.3 is 10.1 Å². The molecular weight excluding hydrogens is 190 g/mol. The fourth-order valence-electron chi connectivity index (χ4n) is 1.06. The van der Waals surface area contributed by atoms with Gasteiger partial charge in [0, 0.05) is 25.3 Å². The van der Waals surface area contributed by atoms with Crippen molar-refractivity contribution in [3.05, 3.63) is 35.4 Å². The highest BCUT2D eigenvalue weighted by Gasteiger charge is 2.00. The van der Waals surface area contributed by atoms with Crippen LogP contribution in [0, 0.1) is 11.8 Å². The van der Waals surface area contributed by atoms with Crippen molar-refractivity contribution in [3.63, 3.8) is 0 Å². The number of benzene rings is 1. The first-order chi connectivity index (χ1) is 7.27. The highest BCUT2D eigenvalue weighted by molar-refractivity contribution is 5.94. The summed E-state index contributed by atoms with van der Waals surface area (Å²) >= 11 is 0. The largest absolute Gasteiger partial charge is 0.372 e. The van der Waals surface area contributed by atoms with Gasteiger partial charge in [-0.3, -0.25) is 4.79 Å². The van der Waals surface area contributed by atoms with Crippen LogP contribution < -0.4 is 5.32 Å². The van der Waals surface area contributed by atoms with Crippen molar-refractivity contribution in [2.24, 2.45) is 0 Å². The maximum absolute atomic E-state index is 11.2. The lowest BCUT2D eigenvalue weighted by Gasteiger charge is -1.98. The van der Waals surface area contributed by atoms with Crippen LogP contribution in [0.2, 0.25) is 0 Å². The van der Waals surface area contributed by atoms with Crippen molar-refractivity contribution >= 4 is 5.91 Å². The molecule has 0 bridgehead atoms. The van der Waals surface area contributed by atoms with Crippen LogP contribution in [0.4, 0.5) is 0 Å². The minimum atomic E-state index is -0.0913. The third-order valence-electron chi connectivity index (χ3n) is 1.82. The van der Waals surface area contributed by atoms with E-state index in [1.54, 1.807) is 26.3 Å². The number of rotatable bonds is 2. The van der Waals surface area contributed by atoms with E-state index in [1.807, 2.05) is 12.1 Å². The van der Waals surface area contributed by atoms with Crippen molar-refractivity contribution in [2.75, 3.05) is 20.8 Å². The van der Waals surface area contributed by atoms with E-state index in [2.05, 4.69) is 17.2 Å². The molecule has 78 valence electrons. The molecule has 3 heteroatoms. The third kappa shape index (κ3) is 3.45. The highest BCUT2D eigenvalue weighted by Crippen LogP contribution is 2.02. The van der Waals surface area contributed by atoms with Gasteiger partial charge in [0.1, 0.15) is 6.61 Å². The van der Waals surface area contributed by atoms with E-state index in [9.17, 15) is 4.79 Å². The predicted molar refractivity (Wildman–Crippen MR) is 58.6 cm³/mol. The number of amides is 1. The van der Waals surface area contributed by atoms with Gasteiger partial charge in [-0.15, -0.1) is 0 Å². The van der Waals surface area contributed by atoms with Crippen molar-refractivity contribution in [3.8, 4) is 11.8 Å². The molecule has 0 aliphatic heterocycles. The van der Waals surface area contributed by atoms with Crippen LogP contribution in [0.15, 0.2) is 24.3 Å². The van der Waals surface area contributed by atoms with Crippen LogP contribution in [0.1, 0.15) is 15.9 Å². The van der Waals surface area contributed by atoms with Crippen molar-refractivity contribution in [1.82, 2.24) is 5.32 Å². The van der Waals surface area contributed by atoms with E-state index in [0.29, 0.717) is 12.2 Å². The molecule has 0 saturated heterocycles. The molecule has 1 N–H and O–H groups in total. The Morgan fingerprint density at radius 2 is 2.07 bits per heavy atom. The first-order valence-electron chi connectivity index (χ1n) is 4.58. The van der Waals surface area contributed by atoms with Gasteiger partial charge in [0.15, 0.2) is 0 Å². The Hall–Kier alpha value is -1.79. The normalized spacial score (nSPS) is 8.93. The molecule has 0 radical (unpaired) electrons. The summed E-state index contributed by atoms with van der Waals surface area (Å²) in [6.07, 6.45) is 0. The molecule has 0 heterocycles. The first kappa shape index (κ1) is 11.3. The van der Waals surface area contributed by atoms with Crippen molar-refractivity contribution in [2.45, 2.75) is 0 Å². The van der Waals surface area contributed by atoms with E-state index in [0.717, 1.165) is 5.56 Å². The molecule has 0 aromatic heterocycles. The van der Waals surface area contributed by atoms with Gasteiger partial charge >= 0.3 is 0 Å². The van der Waals surface area contributed by atoms with E-state index in [-0.39, 0.29) is 5.91 Å². The second kappa shape index (κ2) is 5.84. The Morgan fingerprint density at radius 1 is 1.40 bits per heavy atom. The number of methoxy groups -OCH3 is 1. The molecule has 1 rings (SSSR count). The van der Waals surface area contributed by atoms with Gasteiger partial charge in [-0.1, -0.05) is 11.8 Å². The zero-order chi connectivity index (χ0) is 11.1. The van der Waals surface area contributed by atoms with Gasteiger partial charge in [-0.2, -0.15) is 0 Å². The molecule has 0 aliphatic rings. The molecule has 0 spiro atoms. The number of carbonyl (C=O) groups is 1. The van der Waals surface area contributed by atoms with Gasteiger partial charge in [0.2, 0.25) is 0 Å². The van der Waals surface area contributed by atoms with Gasteiger partial charge in [-0.05, 0) is 24.3 Å². The number of ether oxygens (including phenoxy) is 1. The Labute approximate surface area is 89.4 Å². The molecule has 1 aromatic carbocycles. The third-order valence-corrected chi connectivity index (χ3v) is 1.82. The molecule has 0 aliphatic carbocycles. The highest BCUT2D eigenvalue weighted by atomic mass is 16.5. The Bertz CT molecular complexity index is 384. The summed E-state index contributed by atoms with van der Waals surface area (Å²) in [5.41, 5.74) is 1.51. The van der Waals surface area contributed by atoms with E-state index in [4.69, 9.17) is 4.74 Å².